The Balaban J connectivity index is 1.71. The summed E-state index contributed by atoms with van der Waals surface area (Å²) in [5.41, 5.74) is 0. The number of rotatable bonds is 4. The van der Waals surface area contributed by atoms with E-state index in [1.165, 1.54) is 17.7 Å². The molecule has 7 nitrogen and oxygen atoms in total. The lowest BCUT2D eigenvalue weighted by molar-refractivity contribution is -0.139. The Morgan fingerprint density at radius 3 is 2.32 bits per heavy atom. The van der Waals surface area contributed by atoms with Crippen molar-refractivity contribution in [2.24, 2.45) is 5.92 Å². The number of sulfone groups is 1. The molecule has 2 atom stereocenters. The quantitative estimate of drug-likeness (QED) is 0.693. The lowest BCUT2D eigenvalue weighted by Gasteiger charge is -2.44. The first kappa shape index (κ1) is 18.6. The molecule has 2 aliphatic heterocycles. The fraction of sp³-hybridized carbons (Fsp3) is 0.882. The van der Waals surface area contributed by atoms with Gasteiger partial charge in [-0.15, -0.1) is 0 Å². The number of carbonyl (C=O) groups is 2. The molecule has 0 N–H and O–H groups in total. The van der Waals surface area contributed by atoms with E-state index < -0.39 is 9.84 Å². The molecule has 0 aromatic carbocycles. The van der Waals surface area contributed by atoms with E-state index in [-0.39, 0.29) is 41.9 Å². The molecule has 3 aliphatic rings. The first-order chi connectivity index (χ1) is 11.8. The van der Waals surface area contributed by atoms with Crippen LogP contribution in [0.25, 0.3) is 0 Å². The van der Waals surface area contributed by atoms with Crippen LogP contribution in [0.2, 0.25) is 0 Å². The Labute approximate surface area is 150 Å². The maximum absolute atomic E-state index is 12.8. The van der Waals surface area contributed by atoms with Gasteiger partial charge in [0.2, 0.25) is 11.8 Å². The summed E-state index contributed by atoms with van der Waals surface area (Å²) in [6, 6.07) is -0.558. The van der Waals surface area contributed by atoms with Crippen LogP contribution in [-0.4, -0.2) is 92.3 Å². The predicted octanol–water partition coefficient (Wildman–Crippen LogP) is -0.0353. The summed E-state index contributed by atoms with van der Waals surface area (Å²) in [7, 11) is 0.230. The highest BCUT2D eigenvalue weighted by molar-refractivity contribution is 7.91. The van der Waals surface area contributed by atoms with Crippen molar-refractivity contribution in [3.63, 3.8) is 0 Å². The number of likely N-dealkylation sites (N-methyl/N-ethyl adjacent to an activating group) is 1. The van der Waals surface area contributed by atoms with Crippen LogP contribution in [0.5, 0.6) is 0 Å². The van der Waals surface area contributed by atoms with E-state index >= 15 is 0 Å². The van der Waals surface area contributed by atoms with Gasteiger partial charge >= 0.3 is 0 Å². The van der Waals surface area contributed by atoms with Gasteiger partial charge in [-0.1, -0.05) is 12.8 Å². The molecular formula is C17H29N3O4S. The average Bonchev–Trinajstić information content (AvgIpc) is 3.13. The van der Waals surface area contributed by atoms with Gasteiger partial charge in [-0.05, 0) is 18.8 Å². The summed E-state index contributed by atoms with van der Waals surface area (Å²) >= 11 is 0. The van der Waals surface area contributed by atoms with Crippen molar-refractivity contribution >= 4 is 21.7 Å². The minimum Gasteiger partial charge on any atom is -0.348 e. The summed E-state index contributed by atoms with van der Waals surface area (Å²) in [6.45, 7) is 1.30. The minimum atomic E-state index is -3.17. The molecule has 3 fully saturated rings. The lowest BCUT2D eigenvalue weighted by atomic mass is 9.99. The summed E-state index contributed by atoms with van der Waals surface area (Å²) < 4.78 is 24.4. The number of amides is 2. The molecule has 1 aliphatic carbocycles. The molecule has 8 heteroatoms. The van der Waals surface area contributed by atoms with E-state index in [2.05, 4.69) is 0 Å². The Bertz CT molecular complexity index is 628. The second kappa shape index (κ2) is 7.23. The molecule has 2 saturated heterocycles. The molecule has 2 amide bonds. The Morgan fingerprint density at radius 2 is 1.68 bits per heavy atom. The molecule has 0 bridgehead atoms. The highest BCUT2D eigenvalue weighted by Gasteiger charge is 2.48. The van der Waals surface area contributed by atoms with E-state index in [0.717, 1.165) is 12.8 Å². The Kier molecular flexibility index (Phi) is 5.39. The third-order valence-corrected chi connectivity index (χ3v) is 7.59. The SMILES string of the molecule is CN(C)C(=O)CN1CCN(C(=O)CC2CCCC2)[C@@H]2CS(=O)(=O)C[C@@H]21. The van der Waals surface area contributed by atoms with Gasteiger partial charge in [0.1, 0.15) is 0 Å². The minimum absolute atomic E-state index is 0.0285. The van der Waals surface area contributed by atoms with Crippen molar-refractivity contribution in [3.05, 3.63) is 0 Å². The number of fused-ring (bicyclic) bond motifs is 1. The number of hydrogen-bond acceptors (Lipinski definition) is 5. The van der Waals surface area contributed by atoms with Crippen molar-refractivity contribution in [3.8, 4) is 0 Å². The van der Waals surface area contributed by atoms with E-state index in [1.54, 1.807) is 19.0 Å². The van der Waals surface area contributed by atoms with Crippen molar-refractivity contribution in [2.45, 2.75) is 44.2 Å². The van der Waals surface area contributed by atoms with E-state index in [1.807, 2.05) is 4.90 Å². The van der Waals surface area contributed by atoms with Crippen LogP contribution in [0.4, 0.5) is 0 Å². The van der Waals surface area contributed by atoms with Gasteiger partial charge in [0.15, 0.2) is 9.84 Å². The second-order valence-corrected chi connectivity index (χ2v) is 10.1. The maximum atomic E-state index is 12.8. The van der Waals surface area contributed by atoms with E-state index in [9.17, 15) is 18.0 Å². The first-order valence-corrected chi connectivity index (χ1v) is 11.0. The zero-order valence-electron chi connectivity index (χ0n) is 15.2. The fourth-order valence-corrected chi connectivity index (χ4v) is 6.44. The third-order valence-electron chi connectivity index (χ3n) is 5.89. The van der Waals surface area contributed by atoms with E-state index in [0.29, 0.717) is 25.4 Å². The summed E-state index contributed by atoms with van der Waals surface area (Å²) in [5.74, 6) is 0.593. The number of hydrogen-bond donors (Lipinski definition) is 0. The van der Waals surface area contributed by atoms with Crippen LogP contribution in [0, 0.1) is 5.92 Å². The van der Waals surface area contributed by atoms with E-state index in [4.69, 9.17) is 0 Å². The molecule has 142 valence electrons. The molecule has 0 aromatic heterocycles. The van der Waals surface area contributed by atoms with Crippen molar-refractivity contribution < 1.29 is 18.0 Å². The maximum Gasteiger partial charge on any atom is 0.236 e. The predicted molar refractivity (Wildman–Crippen MR) is 94.8 cm³/mol. The van der Waals surface area contributed by atoms with Crippen molar-refractivity contribution in [1.82, 2.24) is 14.7 Å². The second-order valence-electron chi connectivity index (χ2n) is 7.91. The van der Waals surface area contributed by atoms with Gasteiger partial charge in [-0.2, -0.15) is 0 Å². The van der Waals surface area contributed by atoms with Gasteiger partial charge in [-0.3, -0.25) is 14.5 Å². The molecule has 1 saturated carbocycles. The largest absolute Gasteiger partial charge is 0.348 e. The summed E-state index contributed by atoms with van der Waals surface area (Å²) in [4.78, 5) is 30.1. The number of piperazine rings is 1. The smallest absolute Gasteiger partial charge is 0.236 e. The van der Waals surface area contributed by atoms with Crippen molar-refractivity contribution in [2.75, 3.05) is 45.2 Å². The van der Waals surface area contributed by atoms with Crippen LogP contribution in [-0.2, 0) is 19.4 Å². The normalized spacial score (nSPS) is 29.6. The van der Waals surface area contributed by atoms with Crippen LogP contribution in [0.3, 0.4) is 0 Å². The van der Waals surface area contributed by atoms with Crippen LogP contribution >= 0.6 is 0 Å². The van der Waals surface area contributed by atoms with Gasteiger partial charge in [0.25, 0.3) is 0 Å². The van der Waals surface area contributed by atoms with Crippen LogP contribution in [0.15, 0.2) is 0 Å². The number of nitrogens with zero attached hydrogens (tertiary/aromatic N) is 3. The van der Waals surface area contributed by atoms with Gasteiger partial charge < -0.3 is 9.80 Å². The molecular weight excluding hydrogens is 342 g/mol. The molecule has 0 spiro atoms. The molecule has 25 heavy (non-hydrogen) atoms. The van der Waals surface area contributed by atoms with Gasteiger partial charge in [0, 0.05) is 39.6 Å². The topological polar surface area (TPSA) is 78.0 Å². The average molecular weight is 372 g/mol. The zero-order valence-corrected chi connectivity index (χ0v) is 16.0. The summed E-state index contributed by atoms with van der Waals surface area (Å²) in [6.07, 6.45) is 5.14. The molecule has 0 unspecified atom stereocenters. The third kappa shape index (κ3) is 4.16. The van der Waals surface area contributed by atoms with Gasteiger partial charge in [-0.25, -0.2) is 8.42 Å². The molecule has 0 radical (unpaired) electrons. The highest BCUT2D eigenvalue weighted by Crippen LogP contribution is 2.31. The van der Waals surface area contributed by atoms with Gasteiger partial charge in [0.05, 0.1) is 24.1 Å². The molecule has 3 rings (SSSR count). The monoisotopic (exact) mass is 371 g/mol. The first-order valence-electron chi connectivity index (χ1n) is 9.21. The lowest BCUT2D eigenvalue weighted by Crippen LogP contribution is -2.62. The highest BCUT2D eigenvalue weighted by atomic mass is 32.2. The summed E-state index contributed by atoms with van der Waals surface area (Å²) in [5, 5.41) is 0. The van der Waals surface area contributed by atoms with Crippen molar-refractivity contribution in [1.29, 1.82) is 0 Å². The number of carbonyl (C=O) groups excluding carboxylic acids is 2. The Hall–Kier alpha value is -1.15. The van der Waals surface area contributed by atoms with Crippen LogP contribution in [0.1, 0.15) is 32.1 Å². The zero-order chi connectivity index (χ0) is 18.2. The Morgan fingerprint density at radius 1 is 1.04 bits per heavy atom. The standard InChI is InChI=1S/C17H29N3O4S/c1-18(2)17(22)10-19-7-8-20(15-12-25(23,24)11-14(15)19)16(21)9-13-5-3-4-6-13/h13-15H,3-12H2,1-2H3/t14-,15+/m0/s1. The molecule has 2 heterocycles. The fourth-order valence-electron chi connectivity index (χ4n) is 4.42. The van der Waals surface area contributed by atoms with Crippen LogP contribution < -0.4 is 0 Å². The molecule has 0 aromatic rings.